The van der Waals surface area contributed by atoms with Crippen LogP contribution < -0.4 is 5.32 Å². The Bertz CT molecular complexity index is 743. The lowest BCUT2D eigenvalue weighted by molar-refractivity contribution is 0.463. The van der Waals surface area contributed by atoms with Crippen LogP contribution in [0.1, 0.15) is 47.2 Å². The second-order valence-corrected chi connectivity index (χ2v) is 8.34. The average molecular weight is 376 g/mol. The maximum Gasteiger partial charge on any atom is 0.194 e. The molecule has 7 nitrogen and oxygen atoms in total. The Morgan fingerprint density at radius 2 is 2.12 bits per heavy atom. The fourth-order valence-corrected chi connectivity index (χ4v) is 3.93. The van der Waals surface area contributed by atoms with Gasteiger partial charge < -0.3 is 14.8 Å². The van der Waals surface area contributed by atoms with Crippen molar-refractivity contribution in [2.24, 2.45) is 12.0 Å². The molecular formula is C18H29N7S. The van der Waals surface area contributed by atoms with Crippen molar-refractivity contribution >= 4 is 17.3 Å². The fraction of sp³-hybridized carbons (Fsp3) is 0.667. The summed E-state index contributed by atoms with van der Waals surface area (Å²) >= 11 is 1.77. The summed E-state index contributed by atoms with van der Waals surface area (Å²) < 4.78 is 2.00. The van der Waals surface area contributed by atoms with Crippen LogP contribution in [0.25, 0.3) is 0 Å². The fourth-order valence-electron chi connectivity index (χ4n) is 3.15. The lowest BCUT2D eigenvalue weighted by Crippen LogP contribution is -2.44. The smallest absolute Gasteiger partial charge is 0.194 e. The number of rotatable bonds is 6. The van der Waals surface area contributed by atoms with Crippen LogP contribution in [0, 0.1) is 13.8 Å². The van der Waals surface area contributed by atoms with Gasteiger partial charge in [-0.15, -0.1) is 21.5 Å². The van der Waals surface area contributed by atoms with E-state index in [1.807, 2.05) is 24.7 Å². The molecule has 0 saturated heterocycles. The van der Waals surface area contributed by atoms with Crippen molar-refractivity contribution in [2.75, 3.05) is 13.6 Å². The van der Waals surface area contributed by atoms with E-state index in [4.69, 9.17) is 4.99 Å². The van der Waals surface area contributed by atoms with E-state index in [1.165, 1.54) is 35.6 Å². The Morgan fingerprint density at radius 1 is 1.35 bits per heavy atom. The monoisotopic (exact) mass is 375 g/mol. The highest BCUT2D eigenvalue weighted by Gasteiger charge is 2.18. The van der Waals surface area contributed by atoms with Gasteiger partial charge in [0.15, 0.2) is 11.8 Å². The molecule has 1 N–H and O–H groups in total. The summed E-state index contributed by atoms with van der Waals surface area (Å²) in [5, 5.41) is 13.2. The highest BCUT2D eigenvalue weighted by molar-refractivity contribution is 7.11. The number of likely N-dealkylation sites (N-methyl/N-ethyl adjacent to an activating group) is 1. The van der Waals surface area contributed by atoms with E-state index in [2.05, 4.69) is 39.4 Å². The molecule has 3 rings (SSSR count). The number of hydrogen-bond acceptors (Lipinski definition) is 5. The molecule has 0 unspecified atom stereocenters. The third-order valence-corrected chi connectivity index (χ3v) is 5.91. The molecule has 0 spiro atoms. The number of guanidine groups is 1. The van der Waals surface area contributed by atoms with Crippen LogP contribution >= 0.6 is 11.3 Å². The molecule has 2 aromatic heterocycles. The van der Waals surface area contributed by atoms with Gasteiger partial charge in [0.05, 0.1) is 5.01 Å². The summed E-state index contributed by atoms with van der Waals surface area (Å²) in [7, 11) is 4.09. The van der Waals surface area contributed by atoms with Crippen molar-refractivity contribution in [3.63, 3.8) is 0 Å². The standard InChI is InChI=1S/C18H29N7S/c1-13-11-19-17(26-13)9-10-24(3)18(21-15-7-5-6-8-15)20-12-16-23-22-14(2)25(16)4/h11,15H,5-10,12H2,1-4H3,(H,20,21). The van der Waals surface area contributed by atoms with Gasteiger partial charge in [0.25, 0.3) is 0 Å². The molecular weight excluding hydrogens is 346 g/mol. The molecule has 142 valence electrons. The number of nitrogens with zero attached hydrogens (tertiary/aromatic N) is 6. The van der Waals surface area contributed by atoms with Gasteiger partial charge in [-0.05, 0) is 26.7 Å². The minimum absolute atomic E-state index is 0.527. The maximum atomic E-state index is 4.84. The Morgan fingerprint density at radius 3 is 2.73 bits per heavy atom. The highest BCUT2D eigenvalue weighted by atomic mass is 32.1. The summed E-state index contributed by atoms with van der Waals surface area (Å²) in [5.74, 6) is 2.75. The predicted octanol–water partition coefficient (Wildman–Crippen LogP) is 2.45. The van der Waals surface area contributed by atoms with Crippen molar-refractivity contribution in [3.05, 3.63) is 27.7 Å². The summed E-state index contributed by atoms with van der Waals surface area (Å²) in [6, 6.07) is 0.527. The molecule has 1 saturated carbocycles. The molecule has 26 heavy (non-hydrogen) atoms. The summed E-state index contributed by atoms with van der Waals surface area (Å²) in [6.45, 7) is 5.48. The molecule has 0 atom stereocenters. The normalized spacial score (nSPS) is 15.6. The molecule has 1 aliphatic carbocycles. The first-order valence-corrected chi connectivity index (χ1v) is 10.1. The molecule has 2 aromatic rings. The zero-order valence-corrected chi connectivity index (χ0v) is 17.0. The van der Waals surface area contributed by atoms with Crippen LogP contribution in [-0.4, -0.2) is 50.2 Å². The van der Waals surface area contributed by atoms with Gasteiger partial charge in [0, 0.05) is 44.2 Å². The Labute approximate surface area is 159 Å². The third kappa shape index (κ3) is 4.81. The van der Waals surface area contributed by atoms with E-state index >= 15 is 0 Å². The summed E-state index contributed by atoms with van der Waals surface area (Å²) in [4.78, 5) is 12.8. The van der Waals surface area contributed by atoms with Gasteiger partial charge in [0.1, 0.15) is 12.4 Å². The van der Waals surface area contributed by atoms with Crippen molar-refractivity contribution in [2.45, 2.75) is 58.5 Å². The molecule has 0 bridgehead atoms. The van der Waals surface area contributed by atoms with E-state index in [-0.39, 0.29) is 0 Å². The van der Waals surface area contributed by atoms with Gasteiger partial charge in [-0.2, -0.15) is 0 Å². The quantitative estimate of drug-likeness (QED) is 0.620. The average Bonchev–Trinajstić information content (AvgIpc) is 3.35. The lowest BCUT2D eigenvalue weighted by Gasteiger charge is -2.25. The van der Waals surface area contributed by atoms with Gasteiger partial charge in [-0.1, -0.05) is 12.8 Å². The minimum atomic E-state index is 0.527. The number of aryl methyl sites for hydroxylation is 2. The van der Waals surface area contributed by atoms with Crippen LogP contribution in [0.15, 0.2) is 11.2 Å². The Hall–Kier alpha value is -1.96. The van der Waals surface area contributed by atoms with E-state index in [0.717, 1.165) is 30.6 Å². The highest BCUT2D eigenvalue weighted by Crippen LogP contribution is 2.18. The first kappa shape index (κ1) is 18.8. The number of aromatic nitrogens is 4. The minimum Gasteiger partial charge on any atom is -0.354 e. The van der Waals surface area contributed by atoms with E-state index < -0.39 is 0 Å². The second kappa shape index (κ2) is 8.62. The molecule has 1 fully saturated rings. The third-order valence-electron chi connectivity index (χ3n) is 4.93. The van der Waals surface area contributed by atoms with Crippen molar-refractivity contribution in [1.29, 1.82) is 0 Å². The zero-order valence-electron chi connectivity index (χ0n) is 16.2. The molecule has 1 aliphatic rings. The topological polar surface area (TPSA) is 71.2 Å². The zero-order chi connectivity index (χ0) is 18.5. The first-order chi connectivity index (χ1) is 12.5. The first-order valence-electron chi connectivity index (χ1n) is 9.31. The molecule has 0 aromatic carbocycles. The number of nitrogens with one attached hydrogen (secondary N) is 1. The Balaban J connectivity index is 1.66. The molecule has 2 heterocycles. The lowest BCUT2D eigenvalue weighted by atomic mass is 10.2. The summed E-state index contributed by atoms with van der Waals surface area (Å²) in [6.07, 6.45) is 7.93. The largest absolute Gasteiger partial charge is 0.354 e. The van der Waals surface area contributed by atoms with Crippen LogP contribution in [0.5, 0.6) is 0 Å². The van der Waals surface area contributed by atoms with Gasteiger partial charge in [-0.25, -0.2) is 9.98 Å². The van der Waals surface area contributed by atoms with E-state index in [9.17, 15) is 0 Å². The summed E-state index contributed by atoms with van der Waals surface area (Å²) in [5.41, 5.74) is 0. The molecule has 8 heteroatoms. The van der Waals surface area contributed by atoms with Crippen molar-refractivity contribution in [3.8, 4) is 0 Å². The van der Waals surface area contributed by atoms with Gasteiger partial charge >= 0.3 is 0 Å². The van der Waals surface area contributed by atoms with Crippen molar-refractivity contribution in [1.82, 2.24) is 30.0 Å². The Kier molecular flexibility index (Phi) is 6.24. The van der Waals surface area contributed by atoms with E-state index in [0.29, 0.717) is 12.6 Å². The van der Waals surface area contributed by atoms with Crippen LogP contribution in [0.4, 0.5) is 0 Å². The molecule has 0 radical (unpaired) electrons. The number of hydrogen-bond donors (Lipinski definition) is 1. The van der Waals surface area contributed by atoms with Gasteiger partial charge in [-0.3, -0.25) is 0 Å². The number of aliphatic imine (C=N–C) groups is 1. The maximum absolute atomic E-state index is 4.84. The van der Waals surface area contributed by atoms with Crippen molar-refractivity contribution < 1.29 is 0 Å². The molecule has 0 amide bonds. The SMILES string of the molecule is Cc1cnc(CCN(C)C(=NCc2nnc(C)n2C)NC2CCCC2)s1. The van der Waals surface area contributed by atoms with Gasteiger partial charge in [0.2, 0.25) is 0 Å². The van der Waals surface area contributed by atoms with E-state index in [1.54, 1.807) is 11.3 Å². The predicted molar refractivity (Wildman–Crippen MR) is 105 cm³/mol. The van der Waals surface area contributed by atoms with Crippen LogP contribution in [-0.2, 0) is 20.0 Å². The molecule has 0 aliphatic heterocycles. The number of thiazole rings is 1. The second-order valence-electron chi connectivity index (χ2n) is 7.02. The van der Waals surface area contributed by atoms with Crippen LogP contribution in [0.2, 0.25) is 0 Å². The van der Waals surface area contributed by atoms with Crippen LogP contribution in [0.3, 0.4) is 0 Å².